The molecule has 0 spiro atoms. The lowest BCUT2D eigenvalue weighted by atomic mass is 10.2. The molecule has 0 aromatic carbocycles. The molecule has 6 nitrogen and oxygen atoms in total. The van der Waals surface area contributed by atoms with Crippen molar-refractivity contribution in [1.29, 1.82) is 0 Å². The second-order valence-corrected chi connectivity index (χ2v) is 4.91. The topological polar surface area (TPSA) is 81.9 Å². The Morgan fingerprint density at radius 1 is 1.20 bits per heavy atom. The molecule has 7 heteroatoms. The molecule has 0 saturated heterocycles. The van der Waals surface area contributed by atoms with Crippen LogP contribution in [0, 0.1) is 0 Å². The lowest BCUT2D eigenvalue weighted by Crippen LogP contribution is -2.23. The van der Waals surface area contributed by atoms with Crippen LogP contribution in [-0.4, -0.2) is 38.7 Å². The summed E-state index contributed by atoms with van der Waals surface area (Å²) in [5.74, 6) is -1.06. The Labute approximate surface area is 122 Å². The fraction of sp³-hybridized carbons (Fsp3) is 0.538. The van der Waals surface area contributed by atoms with Gasteiger partial charge in [-0.3, -0.25) is 0 Å². The molecule has 1 rings (SSSR count). The van der Waals surface area contributed by atoms with E-state index >= 15 is 0 Å². The van der Waals surface area contributed by atoms with Gasteiger partial charge in [0.25, 0.3) is 0 Å². The van der Waals surface area contributed by atoms with Crippen LogP contribution in [0.15, 0.2) is 0 Å². The predicted molar refractivity (Wildman–Crippen MR) is 79.6 cm³/mol. The van der Waals surface area contributed by atoms with Crippen molar-refractivity contribution in [2.75, 3.05) is 37.4 Å². The summed E-state index contributed by atoms with van der Waals surface area (Å²) in [6.07, 6.45) is 0. The Hall–Kier alpha value is -1.76. The third-order valence-corrected chi connectivity index (χ3v) is 4.07. The van der Waals surface area contributed by atoms with Crippen molar-refractivity contribution < 1.29 is 19.1 Å². The Bertz CT molecular complexity index is 495. The molecule has 0 fully saturated rings. The quantitative estimate of drug-likeness (QED) is 0.811. The highest BCUT2D eigenvalue weighted by atomic mass is 32.1. The van der Waals surface area contributed by atoms with Crippen LogP contribution in [0.25, 0.3) is 0 Å². The summed E-state index contributed by atoms with van der Waals surface area (Å²) in [5.41, 5.74) is 6.32. The fourth-order valence-corrected chi connectivity index (χ4v) is 3.06. The number of hydrogen-bond acceptors (Lipinski definition) is 7. The predicted octanol–water partition coefficient (Wildman–Crippen LogP) is 2.14. The van der Waals surface area contributed by atoms with Gasteiger partial charge in [-0.1, -0.05) is 0 Å². The lowest BCUT2D eigenvalue weighted by molar-refractivity contribution is 0.0529. The first-order valence-electron chi connectivity index (χ1n) is 6.44. The van der Waals surface area contributed by atoms with Crippen molar-refractivity contribution in [2.45, 2.75) is 20.8 Å². The molecule has 0 aliphatic rings. The van der Waals surface area contributed by atoms with Gasteiger partial charge in [-0.2, -0.15) is 0 Å². The van der Waals surface area contributed by atoms with Gasteiger partial charge in [0.15, 0.2) is 0 Å². The first kappa shape index (κ1) is 16.3. The van der Waals surface area contributed by atoms with E-state index in [2.05, 4.69) is 0 Å². The number of nitrogens with zero attached hydrogens (tertiary/aromatic N) is 1. The van der Waals surface area contributed by atoms with E-state index < -0.39 is 11.9 Å². The van der Waals surface area contributed by atoms with E-state index in [0.29, 0.717) is 18.1 Å². The monoisotopic (exact) mass is 300 g/mol. The van der Waals surface area contributed by atoms with Crippen molar-refractivity contribution in [3.8, 4) is 0 Å². The van der Waals surface area contributed by atoms with Crippen molar-refractivity contribution in [1.82, 2.24) is 0 Å². The summed E-state index contributed by atoms with van der Waals surface area (Å²) >= 11 is 1.16. The number of hydrogen-bond donors (Lipinski definition) is 1. The minimum absolute atomic E-state index is 0.127. The number of carbonyl (C=O) groups is 2. The van der Waals surface area contributed by atoms with Gasteiger partial charge in [0.2, 0.25) is 0 Å². The number of thiophene rings is 1. The van der Waals surface area contributed by atoms with Crippen LogP contribution >= 0.6 is 11.3 Å². The zero-order valence-electron chi connectivity index (χ0n) is 12.2. The molecular weight excluding hydrogens is 280 g/mol. The van der Waals surface area contributed by atoms with Crippen LogP contribution in [-0.2, 0) is 9.47 Å². The first-order chi connectivity index (χ1) is 9.51. The molecule has 0 aliphatic heterocycles. The van der Waals surface area contributed by atoms with E-state index in [9.17, 15) is 9.59 Å². The largest absolute Gasteiger partial charge is 0.465 e. The highest BCUT2D eigenvalue weighted by Crippen LogP contribution is 2.39. The van der Waals surface area contributed by atoms with Crippen molar-refractivity contribution in [3.63, 3.8) is 0 Å². The Kier molecular flexibility index (Phi) is 5.82. The molecule has 20 heavy (non-hydrogen) atoms. The van der Waals surface area contributed by atoms with Gasteiger partial charge < -0.3 is 20.1 Å². The summed E-state index contributed by atoms with van der Waals surface area (Å²) in [4.78, 5) is 26.0. The van der Waals surface area contributed by atoms with Gasteiger partial charge in [0.1, 0.15) is 15.4 Å². The zero-order chi connectivity index (χ0) is 15.3. The first-order valence-corrected chi connectivity index (χ1v) is 7.25. The van der Waals surface area contributed by atoms with Crippen LogP contribution < -0.4 is 10.6 Å². The van der Waals surface area contributed by atoms with E-state index in [4.69, 9.17) is 15.2 Å². The maximum absolute atomic E-state index is 12.1. The average Bonchev–Trinajstić information content (AvgIpc) is 2.77. The number of nitrogens with two attached hydrogens (primary N) is 1. The summed E-state index contributed by atoms with van der Waals surface area (Å²) < 4.78 is 9.72. The Balaban J connectivity index is 3.39. The summed E-state index contributed by atoms with van der Waals surface area (Å²) in [5, 5.41) is 0.645. The molecule has 1 heterocycles. The molecule has 0 bridgehead atoms. The number of carbonyl (C=O) groups excluding carboxylic acids is 2. The van der Waals surface area contributed by atoms with Gasteiger partial charge in [0.05, 0.1) is 19.4 Å². The molecule has 0 radical (unpaired) electrons. The van der Waals surface area contributed by atoms with E-state index in [-0.39, 0.29) is 22.7 Å². The fourth-order valence-electron chi connectivity index (χ4n) is 1.81. The normalized spacial score (nSPS) is 10.2. The van der Waals surface area contributed by atoms with Crippen LogP contribution in [0.2, 0.25) is 0 Å². The molecule has 112 valence electrons. The highest BCUT2D eigenvalue weighted by Gasteiger charge is 2.28. The van der Waals surface area contributed by atoms with Gasteiger partial charge in [-0.05, 0) is 20.8 Å². The third-order valence-electron chi connectivity index (χ3n) is 2.83. The number of nitrogen functional groups attached to an aromatic ring is 1. The molecule has 0 aliphatic carbocycles. The molecule has 1 aromatic heterocycles. The van der Waals surface area contributed by atoms with E-state index in [1.54, 1.807) is 6.92 Å². The summed E-state index contributed by atoms with van der Waals surface area (Å²) in [6.45, 7) is 7.30. The van der Waals surface area contributed by atoms with Crippen LogP contribution in [0.5, 0.6) is 0 Å². The Morgan fingerprint density at radius 2 is 1.80 bits per heavy atom. The number of anilines is 2. The standard InChI is InChI=1S/C13H20N2O4S/c1-5-15(6-2)11-8(12(16)19-7-3)9(14)10(20-11)13(17)18-4/h5-7,14H2,1-4H3. The lowest BCUT2D eigenvalue weighted by Gasteiger charge is -2.20. The molecule has 1 aromatic rings. The Morgan fingerprint density at radius 3 is 2.25 bits per heavy atom. The van der Waals surface area contributed by atoms with E-state index in [0.717, 1.165) is 11.3 Å². The molecule has 0 atom stereocenters. The molecule has 0 saturated carbocycles. The van der Waals surface area contributed by atoms with E-state index in [1.165, 1.54) is 7.11 Å². The second-order valence-electron chi connectivity index (χ2n) is 3.91. The highest BCUT2D eigenvalue weighted by molar-refractivity contribution is 7.19. The number of esters is 2. The maximum atomic E-state index is 12.1. The molecule has 0 amide bonds. The van der Waals surface area contributed by atoms with Crippen LogP contribution in [0.1, 0.15) is 40.8 Å². The molecule has 0 unspecified atom stereocenters. The van der Waals surface area contributed by atoms with Gasteiger partial charge in [0, 0.05) is 13.1 Å². The van der Waals surface area contributed by atoms with Gasteiger partial charge in [-0.15, -0.1) is 11.3 Å². The third kappa shape index (κ3) is 3.04. The van der Waals surface area contributed by atoms with Gasteiger partial charge in [-0.25, -0.2) is 9.59 Å². The van der Waals surface area contributed by atoms with Crippen molar-refractivity contribution in [2.24, 2.45) is 0 Å². The minimum Gasteiger partial charge on any atom is -0.465 e. The summed E-state index contributed by atoms with van der Waals surface area (Å²) in [7, 11) is 1.28. The second kappa shape index (κ2) is 7.14. The van der Waals surface area contributed by atoms with E-state index in [1.807, 2.05) is 18.7 Å². The van der Waals surface area contributed by atoms with Crippen molar-refractivity contribution >= 4 is 34.0 Å². The van der Waals surface area contributed by atoms with Crippen molar-refractivity contribution in [3.05, 3.63) is 10.4 Å². The zero-order valence-corrected chi connectivity index (χ0v) is 13.0. The minimum atomic E-state index is -0.545. The van der Waals surface area contributed by atoms with Crippen LogP contribution in [0.4, 0.5) is 10.7 Å². The summed E-state index contributed by atoms with van der Waals surface area (Å²) in [6, 6.07) is 0. The number of methoxy groups -OCH3 is 1. The number of rotatable bonds is 6. The molecular formula is C13H20N2O4S. The SMILES string of the molecule is CCOC(=O)c1c(N(CC)CC)sc(C(=O)OC)c1N. The average molecular weight is 300 g/mol. The van der Waals surface area contributed by atoms with Crippen LogP contribution in [0.3, 0.4) is 0 Å². The smallest absolute Gasteiger partial charge is 0.350 e. The van der Waals surface area contributed by atoms with Gasteiger partial charge >= 0.3 is 11.9 Å². The molecule has 2 N–H and O–H groups in total. The maximum Gasteiger partial charge on any atom is 0.350 e. The number of ether oxygens (including phenoxy) is 2.